The maximum atomic E-state index is 11.0. The summed E-state index contributed by atoms with van der Waals surface area (Å²) in [4.78, 5) is 11.0. The topological polar surface area (TPSA) is 55.1 Å². The minimum absolute atomic E-state index is 0.118. The molecule has 0 aliphatic heterocycles. The summed E-state index contributed by atoms with van der Waals surface area (Å²) in [5.74, 6) is -0.860. The fraction of sp³-hybridized carbons (Fsp3) is 0.636. The number of rotatable bonds is 2. The quantitative estimate of drug-likeness (QED) is 0.812. The lowest BCUT2D eigenvalue weighted by atomic mass is 9.90. The van der Waals surface area contributed by atoms with E-state index in [-0.39, 0.29) is 5.54 Å². The summed E-state index contributed by atoms with van der Waals surface area (Å²) in [6.45, 7) is 9.39. The molecule has 0 spiro atoms. The standard InChI is InChI=1S/C11H18N2O2/c1-10(2,3)13-7-6-8(12-13)11(4,5)9(14)15/h6-7H,1-5H3,(H,14,15). The highest BCUT2D eigenvalue weighted by molar-refractivity contribution is 5.79. The van der Waals surface area contributed by atoms with Crippen LogP contribution in [0.1, 0.15) is 40.3 Å². The highest BCUT2D eigenvalue weighted by Gasteiger charge is 2.32. The van der Waals surface area contributed by atoms with Crippen LogP contribution in [0.15, 0.2) is 12.3 Å². The van der Waals surface area contributed by atoms with Gasteiger partial charge in [-0.05, 0) is 40.7 Å². The van der Waals surface area contributed by atoms with Crippen LogP contribution >= 0.6 is 0 Å². The molecule has 84 valence electrons. The van der Waals surface area contributed by atoms with Gasteiger partial charge >= 0.3 is 5.97 Å². The van der Waals surface area contributed by atoms with Gasteiger partial charge in [0.05, 0.1) is 11.2 Å². The Bertz CT molecular complexity index is 372. The normalized spacial score (nSPS) is 12.9. The minimum atomic E-state index is -0.934. The second kappa shape index (κ2) is 3.36. The molecule has 0 aliphatic rings. The maximum absolute atomic E-state index is 11.0. The number of hydrogen-bond donors (Lipinski definition) is 1. The van der Waals surface area contributed by atoms with E-state index >= 15 is 0 Å². The van der Waals surface area contributed by atoms with Crippen LogP contribution < -0.4 is 0 Å². The van der Waals surface area contributed by atoms with Crippen molar-refractivity contribution in [3.8, 4) is 0 Å². The van der Waals surface area contributed by atoms with Crippen molar-refractivity contribution >= 4 is 5.97 Å². The number of carbonyl (C=O) groups is 1. The van der Waals surface area contributed by atoms with Gasteiger partial charge in [-0.25, -0.2) is 0 Å². The molecule has 0 unspecified atom stereocenters. The summed E-state index contributed by atoms with van der Waals surface area (Å²) in [6.07, 6.45) is 1.82. The van der Waals surface area contributed by atoms with E-state index in [4.69, 9.17) is 5.11 Å². The summed E-state index contributed by atoms with van der Waals surface area (Å²) >= 11 is 0. The summed E-state index contributed by atoms with van der Waals surface area (Å²) in [6, 6.07) is 1.76. The van der Waals surface area contributed by atoms with Crippen molar-refractivity contribution in [3.63, 3.8) is 0 Å². The SMILES string of the molecule is CC(C)(C(=O)O)c1ccn(C(C)(C)C)n1. The molecule has 0 aliphatic carbocycles. The van der Waals surface area contributed by atoms with E-state index in [0.29, 0.717) is 5.69 Å². The Morgan fingerprint density at radius 3 is 2.20 bits per heavy atom. The number of carboxylic acid groups (broad SMARTS) is 1. The summed E-state index contributed by atoms with van der Waals surface area (Å²) in [5, 5.41) is 13.4. The van der Waals surface area contributed by atoms with Crippen LogP contribution in [-0.2, 0) is 15.7 Å². The van der Waals surface area contributed by atoms with Crippen molar-refractivity contribution < 1.29 is 9.90 Å². The average Bonchev–Trinajstić information content (AvgIpc) is 2.50. The lowest BCUT2D eigenvalue weighted by molar-refractivity contribution is -0.142. The van der Waals surface area contributed by atoms with Crippen molar-refractivity contribution in [2.45, 2.75) is 45.6 Å². The number of aromatic nitrogens is 2. The molecule has 0 saturated heterocycles. The van der Waals surface area contributed by atoms with Crippen LogP contribution in [-0.4, -0.2) is 20.9 Å². The molecule has 15 heavy (non-hydrogen) atoms. The first-order chi connectivity index (χ1) is 6.65. The van der Waals surface area contributed by atoms with E-state index in [0.717, 1.165) is 0 Å². The first-order valence-corrected chi connectivity index (χ1v) is 4.96. The second-order valence-electron chi connectivity index (χ2n) is 5.25. The van der Waals surface area contributed by atoms with Crippen LogP contribution in [0, 0.1) is 0 Å². The molecule has 0 radical (unpaired) electrons. The van der Waals surface area contributed by atoms with Gasteiger partial charge in [0.15, 0.2) is 0 Å². The third kappa shape index (κ3) is 2.19. The Morgan fingerprint density at radius 1 is 1.33 bits per heavy atom. The molecule has 1 aromatic rings. The number of aliphatic carboxylic acids is 1. The molecular formula is C11H18N2O2. The van der Waals surface area contributed by atoms with E-state index in [9.17, 15) is 4.79 Å². The molecular weight excluding hydrogens is 192 g/mol. The molecule has 4 heteroatoms. The third-order valence-corrected chi connectivity index (χ3v) is 2.45. The highest BCUT2D eigenvalue weighted by atomic mass is 16.4. The molecule has 1 N–H and O–H groups in total. The van der Waals surface area contributed by atoms with Crippen LogP contribution in [0.2, 0.25) is 0 Å². The average molecular weight is 210 g/mol. The Morgan fingerprint density at radius 2 is 1.87 bits per heavy atom. The molecule has 0 saturated carbocycles. The van der Waals surface area contributed by atoms with Gasteiger partial charge in [-0.3, -0.25) is 9.48 Å². The van der Waals surface area contributed by atoms with Gasteiger partial charge in [-0.15, -0.1) is 0 Å². The maximum Gasteiger partial charge on any atom is 0.315 e. The predicted octanol–water partition coefficient (Wildman–Crippen LogP) is 2.00. The summed E-state index contributed by atoms with van der Waals surface area (Å²) < 4.78 is 1.78. The summed E-state index contributed by atoms with van der Waals surface area (Å²) in [7, 11) is 0. The molecule has 0 bridgehead atoms. The Balaban J connectivity index is 3.10. The van der Waals surface area contributed by atoms with E-state index in [1.54, 1.807) is 24.6 Å². The first kappa shape index (κ1) is 11.8. The number of nitrogens with zero attached hydrogens (tertiary/aromatic N) is 2. The van der Waals surface area contributed by atoms with Gasteiger partial charge in [-0.2, -0.15) is 5.10 Å². The summed E-state index contributed by atoms with van der Waals surface area (Å²) in [5.41, 5.74) is -0.464. The highest BCUT2D eigenvalue weighted by Crippen LogP contribution is 2.23. The molecule has 4 nitrogen and oxygen atoms in total. The molecule has 1 aromatic heterocycles. The predicted molar refractivity (Wildman–Crippen MR) is 57.9 cm³/mol. The van der Waals surface area contributed by atoms with E-state index in [1.165, 1.54) is 0 Å². The smallest absolute Gasteiger partial charge is 0.315 e. The Hall–Kier alpha value is -1.32. The zero-order valence-corrected chi connectivity index (χ0v) is 9.90. The zero-order chi connectivity index (χ0) is 11.9. The second-order valence-corrected chi connectivity index (χ2v) is 5.25. The van der Waals surface area contributed by atoms with Crippen LogP contribution in [0.3, 0.4) is 0 Å². The van der Waals surface area contributed by atoms with Crippen molar-refractivity contribution in [2.24, 2.45) is 0 Å². The van der Waals surface area contributed by atoms with E-state index in [2.05, 4.69) is 5.10 Å². The lowest BCUT2D eigenvalue weighted by Gasteiger charge is -2.20. The van der Waals surface area contributed by atoms with Crippen molar-refractivity contribution in [1.82, 2.24) is 9.78 Å². The fourth-order valence-electron chi connectivity index (χ4n) is 1.14. The van der Waals surface area contributed by atoms with E-state index < -0.39 is 11.4 Å². The Labute approximate surface area is 89.9 Å². The van der Waals surface area contributed by atoms with Gasteiger partial charge in [-0.1, -0.05) is 0 Å². The fourth-order valence-corrected chi connectivity index (χ4v) is 1.14. The number of hydrogen-bond acceptors (Lipinski definition) is 2. The van der Waals surface area contributed by atoms with E-state index in [1.807, 2.05) is 27.0 Å². The third-order valence-electron chi connectivity index (χ3n) is 2.45. The molecule has 1 rings (SSSR count). The monoisotopic (exact) mass is 210 g/mol. The largest absolute Gasteiger partial charge is 0.481 e. The van der Waals surface area contributed by atoms with Gasteiger partial charge in [0.25, 0.3) is 0 Å². The van der Waals surface area contributed by atoms with Crippen LogP contribution in [0.4, 0.5) is 0 Å². The molecule has 0 aromatic carbocycles. The Kier molecular flexibility index (Phi) is 2.63. The van der Waals surface area contributed by atoms with Crippen LogP contribution in [0.5, 0.6) is 0 Å². The molecule has 1 heterocycles. The van der Waals surface area contributed by atoms with Crippen LogP contribution in [0.25, 0.3) is 0 Å². The van der Waals surface area contributed by atoms with Crippen molar-refractivity contribution in [1.29, 1.82) is 0 Å². The first-order valence-electron chi connectivity index (χ1n) is 4.96. The molecule has 0 atom stereocenters. The van der Waals surface area contributed by atoms with Crippen molar-refractivity contribution in [3.05, 3.63) is 18.0 Å². The molecule has 0 fully saturated rings. The van der Waals surface area contributed by atoms with Gasteiger partial charge < -0.3 is 5.11 Å². The lowest BCUT2D eigenvalue weighted by Crippen LogP contribution is -2.30. The minimum Gasteiger partial charge on any atom is -0.481 e. The van der Waals surface area contributed by atoms with Gasteiger partial charge in [0.1, 0.15) is 5.41 Å². The van der Waals surface area contributed by atoms with Gasteiger partial charge in [0.2, 0.25) is 0 Å². The number of carboxylic acids is 1. The van der Waals surface area contributed by atoms with Gasteiger partial charge in [0, 0.05) is 6.20 Å². The molecule has 0 amide bonds. The van der Waals surface area contributed by atoms with Crippen molar-refractivity contribution in [2.75, 3.05) is 0 Å². The zero-order valence-electron chi connectivity index (χ0n) is 9.90.